The summed E-state index contributed by atoms with van der Waals surface area (Å²) in [4.78, 5) is 1.42. The van der Waals surface area contributed by atoms with Crippen LogP contribution in [0.25, 0.3) is 0 Å². The number of rotatable bonds is 6. The van der Waals surface area contributed by atoms with Gasteiger partial charge in [0.05, 0.1) is 11.5 Å². The Morgan fingerprint density at radius 3 is 2.76 bits per heavy atom. The second-order valence-electron chi connectivity index (χ2n) is 3.82. The van der Waals surface area contributed by atoms with Crippen molar-refractivity contribution in [1.29, 1.82) is 0 Å². The van der Waals surface area contributed by atoms with Gasteiger partial charge in [-0.2, -0.15) is 0 Å². The number of benzene rings is 1. The van der Waals surface area contributed by atoms with E-state index in [0.717, 1.165) is 25.4 Å². The van der Waals surface area contributed by atoms with Crippen molar-refractivity contribution in [2.45, 2.75) is 20.0 Å². The highest BCUT2D eigenvalue weighted by Crippen LogP contribution is 2.16. The predicted molar refractivity (Wildman–Crippen MR) is 71.3 cm³/mol. The largest absolute Gasteiger partial charge is 0.493 e. The molecule has 0 unspecified atom stereocenters. The van der Waals surface area contributed by atoms with Gasteiger partial charge in [-0.05, 0) is 30.5 Å². The number of hydrogen-bond donors (Lipinski definition) is 1. The summed E-state index contributed by atoms with van der Waals surface area (Å²) in [5.74, 6) is 1.01. The summed E-state index contributed by atoms with van der Waals surface area (Å²) in [6.45, 7) is 4.75. The van der Waals surface area contributed by atoms with E-state index in [1.807, 2.05) is 30.4 Å². The second kappa shape index (κ2) is 6.42. The van der Waals surface area contributed by atoms with Gasteiger partial charge in [0.15, 0.2) is 0 Å². The van der Waals surface area contributed by atoms with Crippen LogP contribution in [0, 0.1) is 0 Å². The first-order valence-electron chi connectivity index (χ1n) is 5.95. The minimum absolute atomic E-state index is 0.724. The minimum atomic E-state index is 0.724. The second-order valence-corrected chi connectivity index (χ2v) is 4.85. The van der Waals surface area contributed by atoms with E-state index in [1.165, 1.54) is 10.4 Å². The van der Waals surface area contributed by atoms with Gasteiger partial charge in [-0.25, -0.2) is 0 Å². The molecule has 2 N–H and O–H groups in total. The molecule has 1 aromatic heterocycles. The van der Waals surface area contributed by atoms with Crippen molar-refractivity contribution in [2.75, 3.05) is 6.61 Å². The van der Waals surface area contributed by atoms with Gasteiger partial charge in [-0.15, -0.1) is 11.3 Å². The molecule has 0 amide bonds. The topological polar surface area (TPSA) is 25.8 Å². The Morgan fingerprint density at radius 2 is 2.00 bits per heavy atom. The number of ether oxygens (including phenoxy) is 1. The fourth-order valence-electron chi connectivity index (χ4n) is 1.77. The van der Waals surface area contributed by atoms with Crippen LogP contribution in [-0.4, -0.2) is 6.61 Å². The number of quaternary nitrogens is 1. The van der Waals surface area contributed by atoms with E-state index in [1.54, 1.807) is 0 Å². The molecule has 2 rings (SSSR count). The molecular weight excluding hydrogens is 230 g/mol. The molecule has 0 saturated heterocycles. The van der Waals surface area contributed by atoms with Crippen LogP contribution in [-0.2, 0) is 13.1 Å². The van der Waals surface area contributed by atoms with Crippen LogP contribution < -0.4 is 10.1 Å². The van der Waals surface area contributed by atoms with E-state index in [-0.39, 0.29) is 0 Å². The van der Waals surface area contributed by atoms with Crippen molar-refractivity contribution >= 4 is 11.3 Å². The van der Waals surface area contributed by atoms with E-state index in [9.17, 15) is 0 Å². The molecule has 0 aliphatic heterocycles. The normalized spacial score (nSPS) is 10.4. The molecule has 0 fully saturated rings. The van der Waals surface area contributed by atoms with Gasteiger partial charge in [0, 0.05) is 5.56 Å². The highest BCUT2D eigenvalue weighted by molar-refractivity contribution is 7.09. The molecule has 0 aliphatic rings. The fourth-order valence-corrected chi connectivity index (χ4v) is 2.47. The highest BCUT2D eigenvalue weighted by atomic mass is 32.1. The lowest BCUT2D eigenvalue weighted by molar-refractivity contribution is -0.685. The third kappa shape index (κ3) is 3.58. The number of hydrogen-bond acceptors (Lipinski definition) is 2. The SMILES string of the molecule is CCOc1ccccc1C[NH2+]Cc1cccs1. The third-order valence-corrected chi connectivity index (χ3v) is 3.46. The quantitative estimate of drug-likeness (QED) is 0.834. The molecule has 90 valence electrons. The van der Waals surface area contributed by atoms with Gasteiger partial charge in [0.2, 0.25) is 0 Å². The van der Waals surface area contributed by atoms with Gasteiger partial charge in [0.1, 0.15) is 18.8 Å². The molecule has 1 heterocycles. The maximum absolute atomic E-state index is 5.61. The van der Waals surface area contributed by atoms with Crippen molar-refractivity contribution in [3.8, 4) is 5.75 Å². The number of para-hydroxylation sites is 1. The molecule has 0 saturated carbocycles. The molecule has 17 heavy (non-hydrogen) atoms. The maximum atomic E-state index is 5.61. The Morgan fingerprint density at radius 1 is 1.12 bits per heavy atom. The Kier molecular flexibility index (Phi) is 4.59. The Labute approximate surface area is 106 Å². The Bertz CT molecular complexity index is 439. The van der Waals surface area contributed by atoms with Crippen molar-refractivity contribution in [1.82, 2.24) is 0 Å². The highest BCUT2D eigenvalue weighted by Gasteiger charge is 2.04. The van der Waals surface area contributed by atoms with Crippen LogP contribution in [0.4, 0.5) is 0 Å². The van der Waals surface area contributed by atoms with Gasteiger partial charge >= 0.3 is 0 Å². The minimum Gasteiger partial charge on any atom is -0.493 e. The van der Waals surface area contributed by atoms with Crippen LogP contribution in [0.2, 0.25) is 0 Å². The van der Waals surface area contributed by atoms with Crippen molar-refractivity contribution in [3.05, 3.63) is 52.2 Å². The van der Waals surface area contributed by atoms with Crippen LogP contribution in [0.15, 0.2) is 41.8 Å². The molecule has 1 aromatic carbocycles. The first kappa shape index (κ1) is 12.1. The summed E-state index contributed by atoms with van der Waals surface area (Å²) >= 11 is 1.81. The molecular formula is C14H18NOS+. The van der Waals surface area contributed by atoms with Gasteiger partial charge < -0.3 is 10.1 Å². The smallest absolute Gasteiger partial charge is 0.128 e. The molecule has 2 aromatic rings. The van der Waals surface area contributed by atoms with E-state index >= 15 is 0 Å². The zero-order valence-electron chi connectivity index (χ0n) is 10.1. The Hall–Kier alpha value is -1.32. The van der Waals surface area contributed by atoms with E-state index in [0.29, 0.717) is 0 Å². The monoisotopic (exact) mass is 248 g/mol. The average Bonchev–Trinajstić information content (AvgIpc) is 2.85. The standard InChI is InChI=1S/C14H17NOS/c1-2-16-14-8-4-3-6-12(14)10-15-11-13-7-5-9-17-13/h3-9,15H,2,10-11H2,1H3/p+1. The molecule has 0 aliphatic carbocycles. The molecule has 3 heteroatoms. The van der Waals surface area contributed by atoms with Crippen molar-refractivity contribution in [3.63, 3.8) is 0 Å². The lowest BCUT2D eigenvalue weighted by Crippen LogP contribution is -2.80. The first-order chi connectivity index (χ1) is 8.40. The summed E-state index contributed by atoms with van der Waals surface area (Å²) in [5.41, 5.74) is 1.27. The van der Waals surface area contributed by atoms with E-state index in [4.69, 9.17) is 4.74 Å². The van der Waals surface area contributed by atoms with Crippen LogP contribution in [0.5, 0.6) is 5.75 Å². The molecule has 0 radical (unpaired) electrons. The van der Waals surface area contributed by atoms with Gasteiger partial charge in [-0.3, -0.25) is 0 Å². The number of thiophene rings is 1. The molecule has 0 atom stereocenters. The summed E-state index contributed by atoms with van der Waals surface area (Å²) in [6.07, 6.45) is 0. The Balaban J connectivity index is 1.89. The number of nitrogens with two attached hydrogens (primary N) is 1. The fraction of sp³-hybridized carbons (Fsp3) is 0.286. The van der Waals surface area contributed by atoms with Crippen molar-refractivity contribution in [2.24, 2.45) is 0 Å². The summed E-state index contributed by atoms with van der Waals surface area (Å²) in [6, 6.07) is 12.5. The zero-order valence-corrected chi connectivity index (χ0v) is 10.9. The van der Waals surface area contributed by atoms with Crippen molar-refractivity contribution < 1.29 is 10.1 Å². The van der Waals surface area contributed by atoms with E-state index in [2.05, 4.69) is 35.0 Å². The van der Waals surface area contributed by atoms with Crippen LogP contribution >= 0.6 is 11.3 Å². The average molecular weight is 248 g/mol. The summed E-state index contributed by atoms with van der Waals surface area (Å²) < 4.78 is 5.61. The lowest BCUT2D eigenvalue weighted by atomic mass is 10.2. The molecule has 0 bridgehead atoms. The van der Waals surface area contributed by atoms with Gasteiger partial charge in [0.25, 0.3) is 0 Å². The zero-order chi connectivity index (χ0) is 11.9. The summed E-state index contributed by atoms with van der Waals surface area (Å²) in [5, 5.41) is 4.43. The predicted octanol–water partition coefficient (Wildman–Crippen LogP) is 2.41. The maximum Gasteiger partial charge on any atom is 0.128 e. The third-order valence-electron chi connectivity index (χ3n) is 2.56. The summed E-state index contributed by atoms with van der Waals surface area (Å²) in [7, 11) is 0. The molecule has 0 spiro atoms. The van der Waals surface area contributed by atoms with Crippen LogP contribution in [0.3, 0.4) is 0 Å². The van der Waals surface area contributed by atoms with Crippen LogP contribution in [0.1, 0.15) is 17.4 Å². The van der Waals surface area contributed by atoms with E-state index < -0.39 is 0 Å². The lowest BCUT2D eigenvalue weighted by Gasteiger charge is -2.08. The molecule has 2 nitrogen and oxygen atoms in total. The first-order valence-corrected chi connectivity index (χ1v) is 6.83. The van der Waals surface area contributed by atoms with Gasteiger partial charge in [-0.1, -0.05) is 18.2 Å².